The highest BCUT2D eigenvalue weighted by Gasteiger charge is 2.46. The molecule has 246 valence electrons. The predicted octanol–water partition coefficient (Wildman–Crippen LogP) is 13.4. The lowest BCUT2D eigenvalue weighted by Gasteiger charge is -2.35. The Kier molecular flexibility index (Phi) is 6.97. The lowest BCUT2D eigenvalue weighted by Crippen LogP contribution is -2.28. The summed E-state index contributed by atoms with van der Waals surface area (Å²) in [6.07, 6.45) is 0. The van der Waals surface area contributed by atoms with Crippen molar-refractivity contribution < 1.29 is 4.42 Å². The molecule has 10 rings (SSSR count). The van der Waals surface area contributed by atoms with Crippen molar-refractivity contribution in [1.29, 1.82) is 0 Å². The Hall–Kier alpha value is -6.64. The minimum atomic E-state index is -0.509. The van der Waals surface area contributed by atoms with Crippen molar-refractivity contribution in [1.82, 2.24) is 0 Å². The van der Waals surface area contributed by atoms with Gasteiger partial charge in [-0.05, 0) is 87.8 Å². The number of hydrogen-bond donors (Lipinski definition) is 0. The molecule has 0 N–H and O–H groups in total. The molecule has 1 unspecified atom stereocenters. The quantitative estimate of drug-likeness (QED) is 0.176. The van der Waals surface area contributed by atoms with E-state index in [1.54, 1.807) is 0 Å². The van der Waals surface area contributed by atoms with E-state index >= 15 is 0 Å². The third kappa shape index (κ3) is 4.58. The highest BCUT2D eigenvalue weighted by atomic mass is 16.3. The van der Waals surface area contributed by atoms with Gasteiger partial charge in [0.1, 0.15) is 5.58 Å². The van der Waals surface area contributed by atoms with Crippen LogP contribution in [0.25, 0.3) is 44.2 Å². The van der Waals surface area contributed by atoms with Crippen molar-refractivity contribution in [3.8, 4) is 22.3 Å². The van der Waals surface area contributed by atoms with Gasteiger partial charge in [0.15, 0.2) is 5.58 Å². The molecule has 0 radical (unpaired) electrons. The maximum atomic E-state index is 6.69. The van der Waals surface area contributed by atoms with E-state index in [0.29, 0.717) is 0 Å². The van der Waals surface area contributed by atoms with E-state index in [2.05, 4.69) is 200 Å². The number of aryl methyl sites for hydroxylation is 1. The minimum absolute atomic E-state index is 0.509. The van der Waals surface area contributed by atoms with Crippen LogP contribution in [-0.4, -0.2) is 0 Å². The molecule has 9 aromatic rings. The molecule has 0 aliphatic heterocycles. The number of furan rings is 1. The fraction of sp³-hybridized carbons (Fsp3) is 0.0400. The van der Waals surface area contributed by atoms with E-state index in [-0.39, 0.29) is 0 Å². The molecule has 1 aliphatic rings. The van der Waals surface area contributed by atoms with E-state index in [1.807, 2.05) is 6.07 Å². The first-order valence-corrected chi connectivity index (χ1v) is 17.9. The van der Waals surface area contributed by atoms with E-state index < -0.39 is 5.41 Å². The van der Waals surface area contributed by atoms with Crippen LogP contribution in [0, 0.1) is 6.92 Å². The number of anilines is 3. The molecule has 0 spiro atoms. The van der Waals surface area contributed by atoms with Crippen molar-refractivity contribution in [2.24, 2.45) is 0 Å². The lowest BCUT2D eigenvalue weighted by molar-refractivity contribution is 0.669. The van der Waals surface area contributed by atoms with Gasteiger partial charge in [-0.25, -0.2) is 0 Å². The van der Waals surface area contributed by atoms with Gasteiger partial charge in [-0.15, -0.1) is 0 Å². The van der Waals surface area contributed by atoms with Gasteiger partial charge >= 0.3 is 0 Å². The van der Waals surface area contributed by atoms with Gasteiger partial charge in [-0.3, -0.25) is 0 Å². The van der Waals surface area contributed by atoms with Crippen molar-refractivity contribution in [3.63, 3.8) is 0 Å². The standard InChI is InChI=1S/C50H35NO/c1-34-23-27-38(28-24-34)50(37-15-6-3-7-16-37)45-20-10-8-17-41(45)42-32-31-40(33-46(42)50)51(39-29-25-36(26-30-39)35-13-4-2-5-14-35)47-21-12-19-44-43-18-9-11-22-48(43)52-49(44)47/h2-33H,1H3. The molecule has 1 heterocycles. The van der Waals surface area contributed by atoms with Crippen LogP contribution < -0.4 is 4.90 Å². The monoisotopic (exact) mass is 665 g/mol. The van der Waals surface area contributed by atoms with Crippen LogP contribution in [0.2, 0.25) is 0 Å². The summed E-state index contributed by atoms with van der Waals surface area (Å²) in [6.45, 7) is 2.16. The van der Waals surface area contributed by atoms with Gasteiger partial charge < -0.3 is 9.32 Å². The second kappa shape index (κ2) is 12.0. The van der Waals surface area contributed by atoms with Crippen molar-refractivity contribution >= 4 is 39.0 Å². The van der Waals surface area contributed by atoms with Crippen LogP contribution in [0.3, 0.4) is 0 Å². The maximum absolute atomic E-state index is 6.69. The summed E-state index contributed by atoms with van der Waals surface area (Å²) in [6, 6.07) is 70.4. The van der Waals surface area contributed by atoms with E-state index in [1.165, 1.54) is 50.1 Å². The van der Waals surface area contributed by atoms with Crippen LogP contribution in [-0.2, 0) is 5.41 Å². The van der Waals surface area contributed by atoms with Gasteiger partial charge in [-0.2, -0.15) is 0 Å². The molecule has 0 fully saturated rings. The number of fused-ring (bicyclic) bond motifs is 6. The molecule has 0 saturated heterocycles. The molecule has 2 nitrogen and oxygen atoms in total. The number of rotatable bonds is 6. The van der Waals surface area contributed by atoms with Crippen LogP contribution >= 0.6 is 0 Å². The zero-order valence-corrected chi connectivity index (χ0v) is 28.8. The molecule has 1 aliphatic carbocycles. The normalized spacial score (nSPS) is 14.7. The first kappa shape index (κ1) is 30.2. The Morgan fingerprint density at radius 2 is 1.06 bits per heavy atom. The fourth-order valence-corrected chi connectivity index (χ4v) is 8.46. The number of benzene rings is 8. The summed E-state index contributed by atoms with van der Waals surface area (Å²) >= 11 is 0. The number of nitrogens with zero attached hydrogens (tertiary/aromatic N) is 1. The summed E-state index contributed by atoms with van der Waals surface area (Å²) in [5, 5.41) is 2.22. The van der Waals surface area contributed by atoms with E-state index in [9.17, 15) is 0 Å². The molecule has 1 aromatic heterocycles. The first-order valence-electron chi connectivity index (χ1n) is 17.9. The van der Waals surface area contributed by atoms with Crippen molar-refractivity contribution in [3.05, 3.63) is 222 Å². The SMILES string of the molecule is Cc1ccc(C2(c3ccccc3)c3ccccc3-c3ccc(N(c4ccc(-c5ccccc5)cc4)c4cccc5c4oc4ccccc45)cc32)cc1. The van der Waals surface area contributed by atoms with Gasteiger partial charge in [0.2, 0.25) is 0 Å². The molecular weight excluding hydrogens is 631 g/mol. The van der Waals surface area contributed by atoms with E-state index in [4.69, 9.17) is 4.42 Å². The van der Waals surface area contributed by atoms with Gasteiger partial charge in [0.25, 0.3) is 0 Å². The highest BCUT2D eigenvalue weighted by molar-refractivity contribution is 6.10. The smallest absolute Gasteiger partial charge is 0.159 e. The van der Waals surface area contributed by atoms with Gasteiger partial charge in [0.05, 0.1) is 11.1 Å². The van der Waals surface area contributed by atoms with Crippen LogP contribution in [0.1, 0.15) is 27.8 Å². The van der Waals surface area contributed by atoms with E-state index in [0.717, 1.165) is 39.0 Å². The Labute approximate surface area is 303 Å². The minimum Gasteiger partial charge on any atom is -0.454 e. The lowest BCUT2D eigenvalue weighted by atomic mass is 9.67. The van der Waals surface area contributed by atoms with Crippen LogP contribution in [0.15, 0.2) is 199 Å². The Balaban J connectivity index is 1.25. The highest BCUT2D eigenvalue weighted by Crippen LogP contribution is 2.57. The number of para-hydroxylation sites is 2. The Bertz CT molecular complexity index is 2730. The van der Waals surface area contributed by atoms with Crippen LogP contribution in [0.4, 0.5) is 17.1 Å². The molecule has 0 amide bonds. The first-order chi connectivity index (χ1) is 25.7. The molecule has 1 atom stereocenters. The summed E-state index contributed by atoms with van der Waals surface area (Å²) in [4.78, 5) is 2.37. The number of hydrogen-bond acceptors (Lipinski definition) is 2. The fourth-order valence-electron chi connectivity index (χ4n) is 8.46. The Morgan fingerprint density at radius 1 is 0.442 bits per heavy atom. The predicted molar refractivity (Wildman–Crippen MR) is 216 cm³/mol. The average molecular weight is 666 g/mol. The second-order valence-corrected chi connectivity index (χ2v) is 13.8. The summed E-state index contributed by atoms with van der Waals surface area (Å²) < 4.78 is 6.69. The molecule has 8 aromatic carbocycles. The second-order valence-electron chi connectivity index (χ2n) is 13.8. The zero-order chi connectivity index (χ0) is 34.6. The average Bonchev–Trinajstić information content (AvgIpc) is 3.74. The Morgan fingerprint density at radius 3 is 1.87 bits per heavy atom. The maximum Gasteiger partial charge on any atom is 0.159 e. The van der Waals surface area contributed by atoms with Crippen molar-refractivity contribution in [2.75, 3.05) is 4.90 Å². The summed E-state index contributed by atoms with van der Waals surface area (Å²) in [5.74, 6) is 0. The third-order valence-electron chi connectivity index (χ3n) is 10.8. The van der Waals surface area contributed by atoms with Gasteiger partial charge in [-0.1, -0.05) is 163 Å². The summed E-state index contributed by atoms with van der Waals surface area (Å²) in [5.41, 5.74) is 15.6. The largest absolute Gasteiger partial charge is 0.454 e. The molecule has 52 heavy (non-hydrogen) atoms. The molecular formula is C50H35NO. The summed E-state index contributed by atoms with van der Waals surface area (Å²) in [7, 11) is 0. The molecule has 0 bridgehead atoms. The topological polar surface area (TPSA) is 16.4 Å². The van der Waals surface area contributed by atoms with Gasteiger partial charge in [0, 0.05) is 22.1 Å². The van der Waals surface area contributed by atoms with Crippen LogP contribution in [0.5, 0.6) is 0 Å². The third-order valence-corrected chi connectivity index (χ3v) is 10.8. The zero-order valence-electron chi connectivity index (χ0n) is 28.8. The molecule has 0 saturated carbocycles. The van der Waals surface area contributed by atoms with Crippen molar-refractivity contribution in [2.45, 2.75) is 12.3 Å². The molecule has 2 heteroatoms.